The number of hydrogen-bond donors (Lipinski definition) is 1. The van der Waals surface area contributed by atoms with E-state index in [2.05, 4.69) is 4.98 Å². The molecule has 2 aromatic rings. The third-order valence-corrected chi connectivity index (χ3v) is 3.76. The molecule has 0 aliphatic heterocycles. The van der Waals surface area contributed by atoms with Crippen molar-refractivity contribution in [3.8, 4) is 0 Å². The summed E-state index contributed by atoms with van der Waals surface area (Å²) in [6.07, 6.45) is 1.71. The molecule has 0 unspecified atom stereocenters. The molecule has 1 aromatic carbocycles. The van der Waals surface area contributed by atoms with Gasteiger partial charge < -0.3 is 9.72 Å². The second kappa shape index (κ2) is 6.16. The first-order valence-electron chi connectivity index (χ1n) is 7.25. The molecule has 118 valence electrons. The number of nitrogens with one attached hydrogen (secondary N) is 1. The fourth-order valence-electron chi connectivity index (χ4n) is 2.53. The lowest BCUT2D eigenvalue weighted by atomic mass is 9.94. The number of ether oxygens (including phenoxy) is 1. The Morgan fingerprint density at radius 2 is 1.91 bits per heavy atom. The highest BCUT2D eigenvalue weighted by Crippen LogP contribution is 2.19. The highest BCUT2D eigenvalue weighted by molar-refractivity contribution is 6.00. The highest BCUT2D eigenvalue weighted by Gasteiger charge is 2.22. The molecular formula is C17H14FNO4. The van der Waals surface area contributed by atoms with E-state index < -0.39 is 11.5 Å². The molecule has 0 fully saturated rings. The fourth-order valence-corrected chi connectivity index (χ4v) is 2.53. The molecule has 6 heteroatoms. The smallest absolute Gasteiger partial charge is 0.344 e. The predicted octanol–water partition coefficient (Wildman–Crippen LogP) is 2.39. The van der Waals surface area contributed by atoms with Crippen LogP contribution in [0.2, 0.25) is 0 Å². The summed E-state index contributed by atoms with van der Waals surface area (Å²) in [6, 6.07) is 6.80. The number of ketones is 1. The van der Waals surface area contributed by atoms with E-state index in [1.54, 1.807) is 0 Å². The van der Waals surface area contributed by atoms with Gasteiger partial charge in [-0.1, -0.05) is 12.1 Å². The number of hydrogen-bond acceptors (Lipinski definition) is 4. The van der Waals surface area contributed by atoms with Gasteiger partial charge in [0, 0.05) is 17.7 Å². The van der Waals surface area contributed by atoms with Crippen LogP contribution < -0.4 is 5.56 Å². The van der Waals surface area contributed by atoms with Crippen molar-refractivity contribution in [3.63, 3.8) is 0 Å². The molecule has 1 aromatic heterocycles. The first-order valence-corrected chi connectivity index (χ1v) is 7.25. The maximum Gasteiger partial charge on any atom is 0.344 e. The molecule has 3 rings (SSSR count). The van der Waals surface area contributed by atoms with Crippen molar-refractivity contribution in [1.29, 1.82) is 0 Å². The van der Waals surface area contributed by atoms with E-state index >= 15 is 0 Å². The van der Waals surface area contributed by atoms with E-state index in [0.29, 0.717) is 36.1 Å². The number of aromatic amines is 1. The molecule has 5 nitrogen and oxygen atoms in total. The maximum absolute atomic E-state index is 12.8. The second-order valence-electron chi connectivity index (χ2n) is 5.38. The zero-order valence-electron chi connectivity index (χ0n) is 12.2. The molecule has 0 atom stereocenters. The predicted molar refractivity (Wildman–Crippen MR) is 79.9 cm³/mol. The van der Waals surface area contributed by atoms with Crippen molar-refractivity contribution in [2.45, 2.75) is 25.9 Å². The van der Waals surface area contributed by atoms with Crippen LogP contribution in [0.25, 0.3) is 0 Å². The molecule has 1 N–H and O–H groups in total. The molecule has 1 aliphatic rings. The zero-order chi connectivity index (χ0) is 16.4. The molecule has 23 heavy (non-hydrogen) atoms. The average molecular weight is 315 g/mol. The van der Waals surface area contributed by atoms with E-state index in [1.165, 1.54) is 30.3 Å². The van der Waals surface area contributed by atoms with Gasteiger partial charge in [0.25, 0.3) is 5.56 Å². The fraction of sp³-hybridized carbons (Fsp3) is 0.235. The van der Waals surface area contributed by atoms with Gasteiger partial charge in [-0.25, -0.2) is 9.18 Å². The quantitative estimate of drug-likeness (QED) is 0.882. The van der Waals surface area contributed by atoms with Gasteiger partial charge in [-0.3, -0.25) is 9.59 Å². The van der Waals surface area contributed by atoms with E-state index in [-0.39, 0.29) is 23.8 Å². The Kier molecular flexibility index (Phi) is 4.06. The monoisotopic (exact) mass is 315 g/mol. The van der Waals surface area contributed by atoms with Crippen LogP contribution in [0.3, 0.4) is 0 Å². The minimum Gasteiger partial charge on any atom is -0.457 e. The Morgan fingerprint density at radius 1 is 1.17 bits per heavy atom. The summed E-state index contributed by atoms with van der Waals surface area (Å²) < 4.78 is 17.9. The van der Waals surface area contributed by atoms with Gasteiger partial charge in [-0.05, 0) is 36.6 Å². The number of fused-ring (bicyclic) bond motifs is 1. The van der Waals surface area contributed by atoms with Gasteiger partial charge in [-0.15, -0.1) is 0 Å². The number of benzene rings is 1. The first-order chi connectivity index (χ1) is 11.0. The number of Topliss-reactive ketones (excluding diaryl/α,β-unsaturated/α-hetero) is 1. The summed E-state index contributed by atoms with van der Waals surface area (Å²) in [6.45, 7) is -0.0798. The third kappa shape index (κ3) is 3.21. The molecule has 0 bridgehead atoms. The van der Waals surface area contributed by atoms with Gasteiger partial charge in [0.1, 0.15) is 18.0 Å². The van der Waals surface area contributed by atoms with Crippen molar-refractivity contribution in [1.82, 2.24) is 4.98 Å². The summed E-state index contributed by atoms with van der Waals surface area (Å²) in [5.41, 5.74) is 0.791. The lowest BCUT2D eigenvalue weighted by Crippen LogP contribution is -2.25. The van der Waals surface area contributed by atoms with E-state index in [0.717, 1.165) is 0 Å². The van der Waals surface area contributed by atoms with E-state index in [9.17, 15) is 18.8 Å². The van der Waals surface area contributed by atoms with Crippen molar-refractivity contribution < 1.29 is 18.7 Å². The number of aromatic nitrogens is 1. The lowest BCUT2D eigenvalue weighted by molar-refractivity contribution is 0.0470. The summed E-state index contributed by atoms with van der Waals surface area (Å²) in [5.74, 6) is -1.28. The van der Waals surface area contributed by atoms with E-state index in [1.807, 2.05) is 0 Å². The SMILES string of the molecule is O=C1CCCc2[nH]c(=O)c(C(=O)OCc3ccc(F)cc3)cc21. The van der Waals surface area contributed by atoms with Crippen LogP contribution in [0.4, 0.5) is 4.39 Å². The summed E-state index contributed by atoms with van der Waals surface area (Å²) in [4.78, 5) is 38.5. The molecule has 0 spiro atoms. The molecule has 1 aliphatic carbocycles. The molecule has 0 amide bonds. The Morgan fingerprint density at radius 3 is 2.65 bits per heavy atom. The minimum atomic E-state index is -0.809. The number of H-pyrrole nitrogens is 1. The van der Waals surface area contributed by atoms with Crippen molar-refractivity contribution in [3.05, 3.63) is 68.9 Å². The number of carbonyl (C=O) groups excluding carboxylic acids is 2. The first kappa shape index (κ1) is 15.1. The van der Waals surface area contributed by atoms with E-state index in [4.69, 9.17) is 4.74 Å². The molecular weight excluding hydrogens is 301 g/mol. The normalized spacial score (nSPS) is 13.5. The number of halogens is 1. The largest absolute Gasteiger partial charge is 0.457 e. The number of pyridine rings is 1. The average Bonchev–Trinajstić information content (AvgIpc) is 2.54. The van der Waals surface area contributed by atoms with Gasteiger partial charge in [-0.2, -0.15) is 0 Å². The molecule has 1 heterocycles. The van der Waals surface area contributed by atoms with Crippen LogP contribution in [0.5, 0.6) is 0 Å². The van der Waals surface area contributed by atoms with Gasteiger partial charge in [0.05, 0.1) is 0 Å². The Balaban J connectivity index is 1.79. The molecule has 0 radical (unpaired) electrons. The van der Waals surface area contributed by atoms with Crippen LogP contribution in [0, 0.1) is 5.82 Å². The molecule has 0 saturated heterocycles. The standard InChI is InChI=1S/C17H14FNO4/c18-11-6-4-10(5-7-11)9-23-17(22)13-8-12-14(19-16(13)21)2-1-3-15(12)20/h4-8H,1-3,9H2,(H,19,21). The number of rotatable bonds is 3. The van der Waals surface area contributed by atoms with Gasteiger partial charge in [0.2, 0.25) is 0 Å². The van der Waals surface area contributed by atoms with Crippen LogP contribution in [-0.2, 0) is 17.8 Å². The van der Waals surface area contributed by atoms with Gasteiger partial charge in [0.15, 0.2) is 5.78 Å². The summed E-state index contributed by atoms with van der Waals surface area (Å²) in [5, 5.41) is 0. The van der Waals surface area contributed by atoms with Crippen LogP contribution in [-0.4, -0.2) is 16.7 Å². The van der Waals surface area contributed by atoms with Crippen molar-refractivity contribution in [2.75, 3.05) is 0 Å². The van der Waals surface area contributed by atoms with Crippen molar-refractivity contribution >= 4 is 11.8 Å². The maximum atomic E-state index is 12.8. The highest BCUT2D eigenvalue weighted by atomic mass is 19.1. The van der Waals surface area contributed by atoms with Crippen LogP contribution in [0.15, 0.2) is 35.1 Å². The second-order valence-corrected chi connectivity index (χ2v) is 5.38. The lowest BCUT2D eigenvalue weighted by Gasteiger charge is -2.14. The number of carbonyl (C=O) groups is 2. The van der Waals surface area contributed by atoms with Crippen LogP contribution >= 0.6 is 0 Å². The topological polar surface area (TPSA) is 76.2 Å². The zero-order valence-corrected chi connectivity index (χ0v) is 12.2. The van der Waals surface area contributed by atoms with Crippen molar-refractivity contribution in [2.24, 2.45) is 0 Å². The minimum absolute atomic E-state index is 0.0798. The Hall–Kier alpha value is -2.76. The van der Waals surface area contributed by atoms with Crippen LogP contribution in [0.1, 0.15) is 44.8 Å². The summed E-state index contributed by atoms with van der Waals surface area (Å²) >= 11 is 0. The molecule has 0 saturated carbocycles. The summed E-state index contributed by atoms with van der Waals surface area (Å²) in [7, 11) is 0. The van der Waals surface area contributed by atoms with Gasteiger partial charge >= 0.3 is 5.97 Å². The number of esters is 1. The Bertz CT molecular complexity index is 823. The number of aryl methyl sites for hydroxylation is 1. The third-order valence-electron chi connectivity index (χ3n) is 3.76. The Labute approximate surface area is 131 Å².